The maximum atomic E-state index is 6.11. The van der Waals surface area contributed by atoms with Crippen LogP contribution in [-0.2, 0) is 12.3 Å². The minimum absolute atomic E-state index is 0.380. The van der Waals surface area contributed by atoms with Crippen LogP contribution in [0.4, 0.5) is 5.82 Å². The smallest absolute Gasteiger partial charge is 0.139 e. The van der Waals surface area contributed by atoms with Gasteiger partial charge in [-0.25, -0.2) is 4.98 Å². The lowest BCUT2D eigenvalue weighted by atomic mass is 10.1. The number of anilines is 1. The molecule has 4 N–H and O–H groups in total. The largest absolute Gasteiger partial charge is 0.383 e. The number of thiazole rings is 1. The Morgan fingerprint density at radius 1 is 1.41 bits per heavy atom. The molecule has 0 aliphatic carbocycles. The van der Waals surface area contributed by atoms with Crippen molar-refractivity contribution in [3.8, 4) is 10.6 Å². The SMILES string of the molecule is NCc1c(Cl)cccc1-c1nc(N)c(CS)s1. The van der Waals surface area contributed by atoms with Gasteiger partial charge in [-0.15, -0.1) is 11.3 Å². The molecule has 0 aliphatic heterocycles. The molecule has 90 valence electrons. The first kappa shape index (κ1) is 12.7. The number of halogens is 1. The lowest BCUT2D eigenvalue weighted by Crippen LogP contribution is -1.99. The van der Waals surface area contributed by atoms with E-state index >= 15 is 0 Å². The summed E-state index contributed by atoms with van der Waals surface area (Å²) >= 11 is 11.8. The molecule has 2 rings (SSSR count). The van der Waals surface area contributed by atoms with E-state index in [0.717, 1.165) is 21.0 Å². The first-order chi connectivity index (χ1) is 8.17. The Morgan fingerprint density at radius 3 is 2.76 bits per heavy atom. The molecule has 0 saturated heterocycles. The second-order valence-electron chi connectivity index (χ2n) is 3.46. The van der Waals surface area contributed by atoms with Crippen LogP contribution in [0, 0.1) is 0 Å². The molecule has 0 atom stereocenters. The summed E-state index contributed by atoms with van der Waals surface area (Å²) in [5.41, 5.74) is 13.4. The summed E-state index contributed by atoms with van der Waals surface area (Å²) in [6, 6.07) is 5.66. The van der Waals surface area contributed by atoms with Gasteiger partial charge in [-0.3, -0.25) is 0 Å². The molecule has 0 bridgehead atoms. The highest BCUT2D eigenvalue weighted by molar-refractivity contribution is 7.79. The molecular formula is C11H12ClN3S2. The molecule has 0 unspecified atom stereocenters. The van der Waals surface area contributed by atoms with Crippen LogP contribution in [0.25, 0.3) is 10.6 Å². The minimum atomic E-state index is 0.380. The van der Waals surface area contributed by atoms with Crippen LogP contribution in [0.3, 0.4) is 0 Å². The summed E-state index contributed by atoms with van der Waals surface area (Å²) in [5.74, 6) is 1.12. The molecule has 0 aliphatic rings. The summed E-state index contributed by atoms with van der Waals surface area (Å²) in [7, 11) is 0. The number of hydrogen-bond acceptors (Lipinski definition) is 5. The Balaban J connectivity index is 2.56. The standard InChI is InChI=1S/C11H12ClN3S2/c12-8-3-1-2-6(7(8)4-13)11-15-10(14)9(5-16)17-11/h1-3,16H,4-5,13-14H2. The molecule has 3 nitrogen and oxygen atoms in total. The van der Waals surface area contributed by atoms with Crippen molar-refractivity contribution < 1.29 is 0 Å². The molecule has 0 fully saturated rings. The lowest BCUT2D eigenvalue weighted by Gasteiger charge is -2.06. The summed E-state index contributed by atoms with van der Waals surface area (Å²) in [6.45, 7) is 0.380. The van der Waals surface area contributed by atoms with Crippen molar-refractivity contribution in [1.29, 1.82) is 0 Å². The topological polar surface area (TPSA) is 64.9 Å². The van der Waals surface area contributed by atoms with E-state index in [1.54, 1.807) is 0 Å². The molecule has 1 heterocycles. The van der Waals surface area contributed by atoms with E-state index in [1.165, 1.54) is 11.3 Å². The van der Waals surface area contributed by atoms with Gasteiger partial charge in [0.1, 0.15) is 10.8 Å². The lowest BCUT2D eigenvalue weighted by molar-refractivity contribution is 1.07. The van der Waals surface area contributed by atoms with Gasteiger partial charge in [-0.2, -0.15) is 12.6 Å². The second kappa shape index (κ2) is 5.27. The van der Waals surface area contributed by atoms with Crippen molar-refractivity contribution >= 4 is 41.4 Å². The average molecular weight is 286 g/mol. The first-order valence-electron chi connectivity index (χ1n) is 5.01. The van der Waals surface area contributed by atoms with Crippen molar-refractivity contribution in [1.82, 2.24) is 4.98 Å². The zero-order chi connectivity index (χ0) is 12.4. The third-order valence-electron chi connectivity index (χ3n) is 2.42. The van der Waals surface area contributed by atoms with Gasteiger partial charge in [-0.05, 0) is 11.6 Å². The van der Waals surface area contributed by atoms with E-state index in [0.29, 0.717) is 23.1 Å². The van der Waals surface area contributed by atoms with Crippen LogP contribution in [0.5, 0.6) is 0 Å². The quantitative estimate of drug-likeness (QED) is 0.760. The highest BCUT2D eigenvalue weighted by Gasteiger charge is 2.13. The molecule has 6 heteroatoms. The molecule has 0 radical (unpaired) electrons. The number of nitrogens with zero attached hydrogens (tertiary/aromatic N) is 1. The van der Waals surface area contributed by atoms with E-state index in [9.17, 15) is 0 Å². The normalized spacial score (nSPS) is 10.8. The fourth-order valence-corrected chi connectivity index (χ4v) is 3.06. The van der Waals surface area contributed by atoms with E-state index < -0.39 is 0 Å². The van der Waals surface area contributed by atoms with E-state index in [-0.39, 0.29) is 0 Å². The van der Waals surface area contributed by atoms with Crippen molar-refractivity contribution in [2.24, 2.45) is 5.73 Å². The van der Waals surface area contributed by atoms with Gasteiger partial charge in [0.15, 0.2) is 0 Å². The van der Waals surface area contributed by atoms with Gasteiger partial charge < -0.3 is 11.5 Å². The average Bonchev–Trinajstić information content (AvgIpc) is 2.70. The Kier molecular flexibility index (Phi) is 3.93. The van der Waals surface area contributed by atoms with Crippen LogP contribution in [0.1, 0.15) is 10.4 Å². The fourth-order valence-electron chi connectivity index (χ4n) is 1.56. The molecule has 0 spiro atoms. The Bertz CT molecular complexity index is 540. The predicted octanol–water partition coefficient (Wildman–Crippen LogP) is 2.93. The number of hydrogen-bond donors (Lipinski definition) is 3. The van der Waals surface area contributed by atoms with Crippen LogP contribution in [0.2, 0.25) is 5.02 Å². The predicted molar refractivity (Wildman–Crippen MR) is 77.6 cm³/mol. The van der Waals surface area contributed by atoms with Gasteiger partial charge in [0.25, 0.3) is 0 Å². The van der Waals surface area contributed by atoms with E-state index in [4.69, 9.17) is 23.1 Å². The van der Waals surface area contributed by atoms with Gasteiger partial charge in [0.05, 0.1) is 4.88 Å². The summed E-state index contributed by atoms with van der Waals surface area (Å²) in [6.07, 6.45) is 0. The number of nitrogens with two attached hydrogens (primary N) is 2. The zero-order valence-electron chi connectivity index (χ0n) is 8.98. The maximum Gasteiger partial charge on any atom is 0.139 e. The molecule has 1 aromatic heterocycles. The van der Waals surface area contributed by atoms with Crippen molar-refractivity contribution in [2.45, 2.75) is 12.3 Å². The van der Waals surface area contributed by atoms with E-state index in [2.05, 4.69) is 17.6 Å². The van der Waals surface area contributed by atoms with Gasteiger partial charge in [-0.1, -0.05) is 23.7 Å². The molecule has 1 aromatic carbocycles. The third-order valence-corrected chi connectivity index (χ3v) is 4.41. The molecule has 2 aromatic rings. The van der Waals surface area contributed by atoms with Crippen LogP contribution in [-0.4, -0.2) is 4.98 Å². The van der Waals surface area contributed by atoms with Crippen LogP contribution in [0.15, 0.2) is 18.2 Å². The number of rotatable bonds is 3. The van der Waals surface area contributed by atoms with Crippen molar-refractivity contribution in [2.75, 3.05) is 5.73 Å². The monoisotopic (exact) mass is 285 g/mol. The van der Waals surface area contributed by atoms with Gasteiger partial charge in [0.2, 0.25) is 0 Å². The highest BCUT2D eigenvalue weighted by atomic mass is 35.5. The number of aromatic nitrogens is 1. The number of nitrogen functional groups attached to an aromatic ring is 1. The first-order valence-corrected chi connectivity index (χ1v) is 6.84. The van der Waals surface area contributed by atoms with Crippen LogP contribution >= 0.6 is 35.6 Å². The van der Waals surface area contributed by atoms with E-state index in [1.807, 2.05) is 18.2 Å². The summed E-state index contributed by atoms with van der Waals surface area (Å²) in [5, 5.41) is 1.50. The minimum Gasteiger partial charge on any atom is -0.383 e. The second-order valence-corrected chi connectivity index (χ2v) is 5.26. The van der Waals surface area contributed by atoms with Crippen LogP contribution < -0.4 is 11.5 Å². The molecule has 17 heavy (non-hydrogen) atoms. The molecule has 0 saturated carbocycles. The molecule has 0 amide bonds. The van der Waals surface area contributed by atoms with Crippen molar-refractivity contribution in [3.63, 3.8) is 0 Å². The molecular weight excluding hydrogens is 274 g/mol. The van der Waals surface area contributed by atoms with Gasteiger partial charge in [0, 0.05) is 22.9 Å². The third kappa shape index (κ3) is 2.42. The maximum absolute atomic E-state index is 6.11. The highest BCUT2D eigenvalue weighted by Crippen LogP contribution is 2.34. The van der Waals surface area contributed by atoms with Gasteiger partial charge >= 0.3 is 0 Å². The summed E-state index contributed by atoms with van der Waals surface area (Å²) < 4.78 is 0. The summed E-state index contributed by atoms with van der Waals surface area (Å²) in [4.78, 5) is 5.30. The van der Waals surface area contributed by atoms with Crippen molar-refractivity contribution in [3.05, 3.63) is 33.7 Å². The Labute approximate surface area is 114 Å². The Morgan fingerprint density at radius 2 is 2.18 bits per heavy atom. The Hall–Kier alpha value is -0.750. The number of benzene rings is 1. The zero-order valence-corrected chi connectivity index (χ0v) is 11.4. The number of thiol groups is 1. The fraction of sp³-hybridized carbons (Fsp3) is 0.182.